The average Bonchev–Trinajstić information content (AvgIpc) is 3.21. The molecule has 0 radical (unpaired) electrons. The standard InChI is InChI=1S/C37H32N2Si/c1-37(2)33-23-26(38-25-11-5-3-6-12-25)17-22-32(33)36-31-16-10-9-15-30(31)35(24-34(36)37)39(27-13-7-4-8-14-27)28-18-20-29(40)21-19-28/h3-24,38H,1-2,40H3. The lowest BCUT2D eigenvalue weighted by molar-refractivity contribution is 0.661. The van der Waals surface area contributed by atoms with Gasteiger partial charge in [0.25, 0.3) is 0 Å². The molecule has 0 heterocycles. The van der Waals surface area contributed by atoms with Crippen molar-refractivity contribution in [3.05, 3.63) is 145 Å². The van der Waals surface area contributed by atoms with Crippen LogP contribution < -0.4 is 15.4 Å². The minimum absolute atomic E-state index is 0.154. The zero-order chi connectivity index (χ0) is 27.3. The van der Waals surface area contributed by atoms with Crippen molar-refractivity contribution in [2.75, 3.05) is 10.2 Å². The van der Waals surface area contributed by atoms with Crippen molar-refractivity contribution >= 4 is 54.6 Å². The Balaban J connectivity index is 1.45. The Bertz CT molecular complexity index is 1840. The van der Waals surface area contributed by atoms with Crippen LogP contribution in [0.5, 0.6) is 0 Å². The normalized spacial score (nSPS) is 13.2. The maximum atomic E-state index is 3.61. The number of anilines is 5. The fourth-order valence-electron chi connectivity index (χ4n) is 6.21. The van der Waals surface area contributed by atoms with Gasteiger partial charge < -0.3 is 10.2 Å². The van der Waals surface area contributed by atoms with Crippen molar-refractivity contribution < 1.29 is 0 Å². The molecule has 0 unspecified atom stereocenters. The van der Waals surface area contributed by atoms with Gasteiger partial charge in [-0.15, -0.1) is 0 Å². The first-order valence-electron chi connectivity index (χ1n) is 14.0. The van der Waals surface area contributed by atoms with E-state index in [0.717, 1.165) is 27.3 Å². The minimum Gasteiger partial charge on any atom is -0.356 e. The molecule has 0 aliphatic heterocycles. The Morgan fingerprint density at radius 3 is 1.93 bits per heavy atom. The molecule has 0 aromatic heterocycles. The van der Waals surface area contributed by atoms with E-state index in [1.807, 2.05) is 6.07 Å². The lowest BCUT2D eigenvalue weighted by Crippen LogP contribution is -2.17. The average molecular weight is 533 g/mol. The van der Waals surface area contributed by atoms with Crippen LogP contribution in [0.4, 0.5) is 28.4 Å². The monoisotopic (exact) mass is 532 g/mol. The molecule has 3 heteroatoms. The molecule has 0 amide bonds. The van der Waals surface area contributed by atoms with E-state index in [4.69, 9.17) is 0 Å². The zero-order valence-corrected chi connectivity index (χ0v) is 25.1. The van der Waals surface area contributed by atoms with Crippen LogP contribution in [0.3, 0.4) is 0 Å². The van der Waals surface area contributed by atoms with E-state index in [9.17, 15) is 0 Å². The third-order valence-corrected chi connectivity index (χ3v) is 8.93. The number of rotatable bonds is 5. The topological polar surface area (TPSA) is 15.3 Å². The summed E-state index contributed by atoms with van der Waals surface area (Å²) in [6.07, 6.45) is 0. The molecule has 0 fully saturated rings. The second-order valence-corrected chi connectivity index (χ2v) is 12.4. The molecule has 0 atom stereocenters. The summed E-state index contributed by atoms with van der Waals surface area (Å²) in [4.78, 5) is 2.42. The summed E-state index contributed by atoms with van der Waals surface area (Å²) in [5, 5.41) is 7.56. The van der Waals surface area contributed by atoms with Gasteiger partial charge in [0, 0.05) is 43.8 Å². The molecule has 6 aromatic carbocycles. The van der Waals surface area contributed by atoms with E-state index < -0.39 is 0 Å². The third kappa shape index (κ3) is 4.02. The maximum absolute atomic E-state index is 3.61. The van der Waals surface area contributed by atoms with Crippen LogP contribution in [0, 0.1) is 0 Å². The number of hydrogen-bond acceptors (Lipinski definition) is 2. The quantitative estimate of drug-likeness (QED) is 0.224. The fraction of sp³-hybridized carbons (Fsp3) is 0.0811. The first-order chi connectivity index (χ1) is 19.5. The van der Waals surface area contributed by atoms with E-state index in [2.05, 4.69) is 151 Å². The van der Waals surface area contributed by atoms with E-state index in [1.54, 1.807) is 0 Å². The van der Waals surface area contributed by atoms with E-state index >= 15 is 0 Å². The predicted octanol–water partition coefficient (Wildman–Crippen LogP) is 8.35. The van der Waals surface area contributed by atoms with Gasteiger partial charge in [-0.2, -0.15) is 0 Å². The molecule has 0 saturated carbocycles. The van der Waals surface area contributed by atoms with Crippen LogP contribution >= 0.6 is 0 Å². The van der Waals surface area contributed by atoms with Crippen molar-refractivity contribution in [1.29, 1.82) is 0 Å². The van der Waals surface area contributed by atoms with Crippen LogP contribution in [0.2, 0.25) is 0 Å². The van der Waals surface area contributed by atoms with Crippen molar-refractivity contribution in [2.45, 2.75) is 19.3 Å². The van der Waals surface area contributed by atoms with Crippen LogP contribution in [0.15, 0.2) is 133 Å². The van der Waals surface area contributed by atoms with Gasteiger partial charge in [0.15, 0.2) is 0 Å². The smallest absolute Gasteiger partial charge is 0.0543 e. The third-order valence-electron chi connectivity index (χ3n) is 8.27. The summed E-state index contributed by atoms with van der Waals surface area (Å²) in [6.45, 7) is 4.73. The van der Waals surface area contributed by atoms with Gasteiger partial charge in [-0.05, 0) is 82.2 Å². The Labute approximate surface area is 239 Å². The van der Waals surface area contributed by atoms with Crippen molar-refractivity contribution in [2.24, 2.45) is 0 Å². The molecule has 0 saturated heterocycles. The van der Waals surface area contributed by atoms with E-state index in [0.29, 0.717) is 0 Å². The molecule has 6 aromatic rings. The van der Waals surface area contributed by atoms with Gasteiger partial charge in [-0.1, -0.05) is 97.9 Å². The summed E-state index contributed by atoms with van der Waals surface area (Å²) >= 11 is 0. The summed E-state index contributed by atoms with van der Waals surface area (Å²) in [6, 6.07) is 48.4. The highest BCUT2D eigenvalue weighted by atomic mass is 28.1. The van der Waals surface area contributed by atoms with Crippen molar-refractivity contribution in [3.63, 3.8) is 0 Å². The molecule has 194 valence electrons. The Morgan fingerprint density at radius 2 is 1.20 bits per heavy atom. The number of hydrogen-bond donors (Lipinski definition) is 1. The molecule has 1 aliphatic rings. The molecule has 40 heavy (non-hydrogen) atoms. The Kier molecular flexibility index (Phi) is 5.83. The van der Waals surface area contributed by atoms with Gasteiger partial charge in [0.2, 0.25) is 0 Å². The second kappa shape index (κ2) is 9.55. The zero-order valence-electron chi connectivity index (χ0n) is 23.1. The number of nitrogens with one attached hydrogen (secondary N) is 1. The van der Waals surface area contributed by atoms with E-state index in [1.165, 1.54) is 49.6 Å². The molecule has 0 spiro atoms. The highest BCUT2D eigenvalue weighted by molar-refractivity contribution is 6.32. The molecule has 0 bridgehead atoms. The maximum Gasteiger partial charge on any atom is 0.0543 e. The summed E-state index contributed by atoms with van der Waals surface area (Å²) in [5.41, 5.74) is 11.0. The number of benzene rings is 6. The summed E-state index contributed by atoms with van der Waals surface area (Å²) in [5.74, 6) is 0. The van der Waals surface area contributed by atoms with Crippen LogP contribution in [-0.4, -0.2) is 10.2 Å². The van der Waals surface area contributed by atoms with Gasteiger partial charge in [-0.25, -0.2) is 0 Å². The first kappa shape index (κ1) is 24.4. The van der Waals surface area contributed by atoms with Crippen molar-refractivity contribution in [3.8, 4) is 11.1 Å². The highest BCUT2D eigenvalue weighted by Crippen LogP contribution is 2.55. The first-order valence-corrected chi connectivity index (χ1v) is 15.0. The van der Waals surface area contributed by atoms with Crippen LogP contribution in [-0.2, 0) is 5.41 Å². The van der Waals surface area contributed by atoms with Gasteiger partial charge in [0.05, 0.1) is 5.69 Å². The second-order valence-electron chi connectivity index (χ2n) is 11.2. The number of nitrogens with zero attached hydrogens (tertiary/aromatic N) is 1. The number of para-hydroxylation sites is 2. The SMILES string of the molecule is CC1(C)c2cc(Nc3ccccc3)ccc2-c2c1cc(N(c1ccccc1)c1ccc([SiH3])cc1)c1ccccc21. The summed E-state index contributed by atoms with van der Waals surface area (Å²) in [7, 11) is 1.04. The predicted molar refractivity (Wildman–Crippen MR) is 175 cm³/mol. The number of fused-ring (bicyclic) bond motifs is 5. The summed E-state index contributed by atoms with van der Waals surface area (Å²) < 4.78 is 0. The molecule has 2 nitrogen and oxygen atoms in total. The van der Waals surface area contributed by atoms with Gasteiger partial charge >= 0.3 is 0 Å². The van der Waals surface area contributed by atoms with Crippen LogP contribution in [0.25, 0.3) is 21.9 Å². The molecule has 7 rings (SSSR count). The lowest BCUT2D eigenvalue weighted by Gasteiger charge is -2.30. The fourth-order valence-corrected chi connectivity index (χ4v) is 6.55. The van der Waals surface area contributed by atoms with Gasteiger partial charge in [0.1, 0.15) is 0 Å². The lowest BCUT2D eigenvalue weighted by atomic mass is 9.81. The van der Waals surface area contributed by atoms with Gasteiger partial charge in [-0.3, -0.25) is 0 Å². The molecular weight excluding hydrogens is 501 g/mol. The largest absolute Gasteiger partial charge is 0.356 e. The van der Waals surface area contributed by atoms with Crippen molar-refractivity contribution in [1.82, 2.24) is 0 Å². The van der Waals surface area contributed by atoms with Crippen LogP contribution in [0.1, 0.15) is 25.0 Å². The molecule has 1 aliphatic carbocycles. The minimum atomic E-state index is -0.154. The highest BCUT2D eigenvalue weighted by Gasteiger charge is 2.38. The molecule has 1 N–H and O–H groups in total. The Morgan fingerprint density at radius 1 is 0.575 bits per heavy atom. The van der Waals surface area contributed by atoms with E-state index in [-0.39, 0.29) is 5.41 Å². The molecular formula is C37H32N2Si. The Hall–Kier alpha value is -4.60.